The first-order valence-electron chi connectivity index (χ1n) is 12.3. The molecule has 1 saturated heterocycles. The van der Waals surface area contributed by atoms with E-state index in [1.165, 1.54) is 10.6 Å². The minimum atomic E-state index is -3.44. The smallest absolute Gasteiger partial charge is 0.238 e. The number of hydrogen-bond acceptors (Lipinski definition) is 5. The zero-order valence-corrected chi connectivity index (χ0v) is 22.2. The van der Waals surface area contributed by atoms with E-state index in [9.17, 15) is 13.2 Å². The summed E-state index contributed by atoms with van der Waals surface area (Å²) in [4.78, 5) is 20.3. The average molecular weight is 537 g/mol. The van der Waals surface area contributed by atoms with E-state index in [4.69, 9.17) is 16.6 Å². The van der Waals surface area contributed by atoms with Crippen LogP contribution in [0.4, 0.5) is 17.1 Å². The fourth-order valence-electron chi connectivity index (χ4n) is 4.97. The molecular formula is C28H29ClN4O3S. The molecule has 37 heavy (non-hydrogen) atoms. The maximum absolute atomic E-state index is 13.1. The number of carbonyl (C=O) groups excluding carboxylic acids is 1. The van der Waals surface area contributed by atoms with Gasteiger partial charge in [0.25, 0.3) is 0 Å². The molecule has 0 saturated carbocycles. The van der Waals surface area contributed by atoms with Crippen molar-refractivity contribution in [2.45, 2.75) is 18.8 Å². The number of nitrogens with one attached hydrogen (secondary N) is 1. The molecule has 1 amide bonds. The highest BCUT2D eigenvalue weighted by Gasteiger charge is 2.35. The highest BCUT2D eigenvalue weighted by Crippen LogP contribution is 2.38. The first-order valence-corrected chi connectivity index (χ1v) is 14.6. The zero-order chi connectivity index (χ0) is 26.0. The minimum absolute atomic E-state index is 0.165. The number of sulfonamides is 1. The molecule has 2 heterocycles. The van der Waals surface area contributed by atoms with E-state index in [1.54, 1.807) is 36.4 Å². The van der Waals surface area contributed by atoms with Crippen LogP contribution < -0.4 is 9.62 Å². The number of aliphatic imine (C=N–C) groups is 1. The van der Waals surface area contributed by atoms with E-state index in [1.807, 2.05) is 36.4 Å². The summed E-state index contributed by atoms with van der Waals surface area (Å²) >= 11 is 6.15. The second-order valence-corrected chi connectivity index (χ2v) is 11.8. The van der Waals surface area contributed by atoms with Crippen LogP contribution in [0.5, 0.6) is 0 Å². The summed E-state index contributed by atoms with van der Waals surface area (Å²) in [6.45, 7) is 3.12. The monoisotopic (exact) mass is 536 g/mol. The molecule has 1 N–H and O–H groups in total. The van der Waals surface area contributed by atoms with Gasteiger partial charge >= 0.3 is 0 Å². The Hall–Kier alpha value is -3.20. The number of hydrogen-bond donors (Lipinski definition) is 1. The molecule has 9 heteroatoms. The highest BCUT2D eigenvalue weighted by molar-refractivity contribution is 7.92. The molecule has 0 spiro atoms. The minimum Gasteiger partial charge on any atom is -0.325 e. The van der Waals surface area contributed by atoms with Gasteiger partial charge in [-0.1, -0.05) is 48.0 Å². The molecule has 1 fully saturated rings. The molecule has 2 aliphatic heterocycles. The molecule has 3 aromatic rings. The molecule has 5 rings (SSSR count). The summed E-state index contributed by atoms with van der Waals surface area (Å²) in [5, 5.41) is 3.47. The predicted octanol–water partition coefficient (Wildman–Crippen LogP) is 5.06. The van der Waals surface area contributed by atoms with Gasteiger partial charge in [0.05, 0.1) is 23.3 Å². The molecule has 2 aliphatic rings. The van der Waals surface area contributed by atoms with Crippen molar-refractivity contribution < 1.29 is 13.2 Å². The summed E-state index contributed by atoms with van der Waals surface area (Å²) in [5.41, 5.74) is 4.17. The molecule has 7 nitrogen and oxygen atoms in total. The Balaban J connectivity index is 1.47. The summed E-state index contributed by atoms with van der Waals surface area (Å²) < 4.78 is 26.6. The van der Waals surface area contributed by atoms with Crippen molar-refractivity contribution in [3.05, 3.63) is 88.9 Å². The topological polar surface area (TPSA) is 82.1 Å². The second-order valence-electron chi connectivity index (χ2n) is 9.42. The van der Waals surface area contributed by atoms with Gasteiger partial charge in [0.15, 0.2) is 0 Å². The third-order valence-electron chi connectivity index (χ3n) is 6.79. The lowest BCUT2D eigenvalue weighted by Gasteiger charge is -2.25. The Morgan fingerprint density at radius 1 is 1.05 bits per heavy atom. The number of benzene rings is 3. The summed E-state index contributed by atoms with van der Waals surface area (Å²) in [6, 6.07) is 22.1. The van der Waals surface area contributed by atoms with Crippen molar-refractivity contribution in [3.8, 4) is 0 Å². The maximum atomic E-state index is 13.1. The van der Waals surface area contributed by atoms with E-state index in [2.05, 4.69) is 10.2 Å². The van der Waals surface area contributed by atoms with Gasteiger partial charge in [0.1, 0.15) is 5.92 Å². The fraction of sp³-hybridized carbons (Fsp3) is 0.286. The van der Waals surface area contributed by atoms with Crippen LogP contribution in [-0.4, -0.2) is 57.4 Å². The van der Waals surface area contributed by atoms with E-state index in [-0.39, 0.29) is 5.91 Å². The van der Waals surface area contributed by atoms with Crippen LogP contribution in [0, 0.1) is 0 Å². The van der Waals surface area contributed by atoms with Gasteiger partial charge in [-0.25, -0.2) is 8.42 Å². The number of fused-ring (bicyclic) bond motifs is 1. The number of halogens is 1. The largest absolute Gasteiger partial charge is 0.325 e. The molecule has 0 radical (unpaired) electrons. The number of rotatable bonds is 8. The molecule has 1 unspecified atom stereocenters. The Morgan fingerprint density at radius 2 is 1.76 bits per heavy atom. The Morgan fingerprint density at radius 3 is 2.43 bits per heavy atom. The van der Waals surface area contributed by atoms with Crippen molar-refractivity contribution in [1.82, 2.24) is 4.90 Å². The molecule has 0 bridgehead atoms. The van der Waals surface area contributed by atoms with Crippen LogP contribution >= 0.6 is 11.6 Å². The lowest BCUT2D eigenvalue weighted by Crippen LogP contribution is -2.37. The fourth-order valence-corrected chi connectivity index (χ4v) is 6.06. The Labute approximate surface area is 222 Å². The number of anilines is 2. The predicted molar refractivity (Wildman–Crippen MR) is 150 cm³/mol. The molecule has 0 aliphatic carbocycles. The van der Waals surface area contributed by atoms with Crippen LogP contribution in [-0.2, 0) is 14.8 Å². The van der Waals surface area contributed by atoms with Crippen molar-refractivity contribution in [1.29, 1.82) is 0 Å². The Kier molecular flexibility index (Phi) is 7.33. The molecule has 0 aromatic heterocycles. The standard InChI is InChI=1S/C28H29ClN4O3S/c1-37(35,36)33(18-17-32-15-5-6-16-32)23-12-10-22(11-13-23)30-27(20-7-3-2-4-8-20)26-24-14-9-21(29)19-25(24)31-28(26)34/h2-4,7-14,19,26H,5-6,15-18H2,1H3,(H,31,34). The summed E-state index contributed by atoms with van der Waals surface area (Å²) in [5.74, 6) is -0.760. The van der Waals surface area contributed by atoms with Gasteiger partial charge < -0.3 is 10.2 Å². The number of carbonyl (C=O) groups is 1. The van der Waals surface area contributed by atoms with Crippen LogP contribution in [0.1, 0.15) is 29.9 Å². The van der Waals surface area contributed by atoms with Crippen LogP contribution in [0.2, 0.25) is 5.02 Å². The lowest BCUT2D eigenvalue weighted by molar-refractivity contribution is -0.115. The summed E-state index contributed by atoms with van der Waals surface area (Å²) in [7, 11) is -3.44. The normalized spacial score (nSPS) is 18.1. The second kappa shape index (κ2) is 10.7. The molecule has 192 valence electrons. The third-order valence-corrected chi connectivity index (χ3v) is 8.22. The SMILES string of the molecule is CS(=O)(=O)N(CCN1CCCC1)c1ccc(N=C(c2ccccc2)C2C(=O)Nc3cc(Cl)ccc32)cc1. The van der Waals surface area contributed by atoms with Crippen LogP contribution in [0.25, 0.3) is 0 Å². The van der Waals surface area contributed by atoms with Crippen LogP contribution in [0.15, 0.2) is 77.8 Å². The number of nitrogens with zero attached hydrogens (tertiary/aromatic N) is 3. The number of likely N-dealkylation sites (tertiary alicyclic amines) is 1. The van der Waals surface area contributed by atoms with Gasteiger partial charge in [-0.3, -0.25) is 14.1 Å². The van der Waals surface area contributed by atoms with E-state index in [0.29, 0.717) is 40.9 Å². The van der Waals surface area contributed by atoms with Crippen molar-refractivity contribution in [2.75, 3.05) is 42.1 Å². The van der Waals surface area contributed by atoms with Crippen molar-refractivity contribution >= 4 is 50.3 Å². The number of amides is 1. The lowest BCUT2D eigenvalue weighted by atomic mass is 9.90. The quantitative estimate of drug-likeness (QED) is 0.408. The summed E-state index contributed by atoms with van der Waals surface area (Å²) in [6.07, 6.45) is 3.55. The molecule has 3 aromatic carbocycles. The van der Waals surface area contributed by atoms with E-state index < -0.39 is 15.9 Å². The van der Waals surface area contributed by atoms with Crippen LogP contribution in [0.3, 0.4) is 0 Å². The first kappa shape index (κ1) is 25.4. The average Bonchev–Trinajstić information content (AvgIpc) is 3.50. The van der Waals surface area contributed by atoms with Crippen molar-refractivity contribution in [2.24, 2.45) is 4.99 Å². The van der Waals surface area contributed by atoms with Gasteiger partial charge in [0.2, 0.25) is 15.9 Å². The highest BCUT2D eigenvalue weighted by atomic mass is 35.5. The maximum Gasteiger partial charge on any atom is 0.238 e. The van der Waals surface area contributed by atoms with Gasteiger partial charge in [-0.15, -0.1) is 0 Å². The van der Waals surface area contributed by atoms with Crippen molar-refractivity contribution in [3.63, 3.8) is 0 Å². The molecular weight excluding hydrogens is 508 g/mol. The van der Waals surface area contributed by atoms with E-state index in [0.717, 1.165) is 37.1 Å². The van der Waals surface area contributed by atoms with E-state index >= 15 is 0 Å². The van der Waals surface area contributed by atoms with Gasteiger partial charge in [0, 0.05) is 23.8 Å². The van der Waals surface area contributed by atoms with Gasteiger partial charge in [-0.2, -0.15) is 0 Å². The van der Waals surface area contributed by atoms with Gasteiger partial charge in [-0.05, 0) is 73.5 Å². The molecule has 1 atom stereocenters. The third kappa shape index (κ3) is 5.71. The Bertz CT molecular complexity index is 1420. The zero-order valence-electron chi connectivity index (χ0n) is 20.6. The first-order chi connectivity index (χ1) is 17.8.